The van der Waals surface area contributed by atoms with Crippen LogP contribution < -0.4 is 5.32 Å². The van der Waals surface area contributed by atoms with Gasteiger partial charge in [-0.05, 0) is 46.5 Å². The monoisotopic (exact) mass is 530 g/mol. The maximum Gasteiger partial charge on any atom is 0.243 e. The van der Waals surface area contributed by atoms with E-state index in [4.69, 9.17) is 23.2 Å². The first-order valence-corrected chi connectivity index (χ1v) is 12.9. The molecular weight excluding hydrogens is 503 g/mol. The molecule has 37 heavy (non-hydrogen) atoms. The van der Waals surface area contributed by atoms with Crippen molar-refractivity contribution in [3.05, 3.63) is 141 Å². The number of halogens is 2. The Labute approximate surface area is 227 Å². The zero-order valence-electron chi connectivity index (χ0n) is 20.3. The summed E-state index contributed by atoms with van der Waals surface area (Å²) in [5.41, 5.74) is 3.69. The lowest BCUT2D eigenvalue weighted by atomic mass is 10.0. The van der Waals surface area contributed by atoms with Crippen molar-refractivity contribution in [1.29, 1.82) is 0 Å². The molecule has 0 bridgehead atoms. The first-order chi connectivity index (χ1) is 18.0. The second kappa shape index (κ2) is 13.1. The topological polar surface area (TPSA) is 49.4 Å². The molecule has 0 heterocycles. The normalized spacial score (nSPS) is 11.5. The highest BCUT2D eigenvalue weighted by Crippen LogP contribution is 2.19. The predicted octanol–water partition coefficient (Wildman–Crippen LogP) is 6.49. The Balaban J connectivity index is 1.64. The summed E-state index contributed by atoms with van der Waals surface area (Å²) >= 11 is 12.1. The zero-order chi connectivity index (χ0) is 26.0. The van der Waals surface area contributed by atoms with E-state index in [9.17, 15) is 9.59 Å². The van der Waals surface area contributed by atoms with Crippen LogP contribution in [-0.2, 0) is 35.5 Å². The third kappa shape index (κ3) is 7.94. The van der Waals surface area contributed by atoms with Crippen molar-refractivity contribution in [2.75, 3.05) is 0 Å². The van der Waals surface area contributed by atoms with Crippen molar-refractivity contribution in [1.82, 2.24) is 10.2 Å². The molecule has 1 atom stereocenters. The number of amides is 2. The van der Waals surface area contributed by atoms with Crippen molar-refractivity contribution in [3.63, 3.8) is 0 Å². The van der Waals surface area contributed by atoms with E-state index in [0.717, 1.165) is 22.3 Å². The molecule has 4 rings (SSSR count). The van der Waals surface area contributed by atoms with E-state index in [0.29, 0.717) is 23.0 Å². The molecule has 4 aromatic carbocycles. The van der Waals surface area contributed by atoms with Crippen molar-refractivity contribution in [2.45, 2.75) is 32.0 Å². The zero-order valence-corrected chi connectivity index (χ0v) is 21.8. The van der Waals surface area contributed by atoms with Crippen LogP contribution in [0.25, 0.3) is 0 Å². The minimum absolute atomic E-state index is 0.145. The fourth-order valence-corrected chi connectivity index (χ4v) is 4.37. The molecule has 2 amide bonds. The second-order valence-electron chi connectivity index (χ2n) is 8.86. The summed E-state index contributed by atoms with van der Waals surface area (Å²) in [7, 11) is 0. The fourth-order valence-electron chi connectivity index (χ4n) is 4.12. The predicted molar refractivity (Wildman–Crippen MR) is 149 cm³/mol. The van der Waals surface area contributed by atoms with Gasteiger partial charge in [-0.3, -0.25) is 9.59 Å². The molecule has 0 aliphatic rings. The number of benzene rings is 4. The van der Waals surface area contributed by atoms with E-state index in [2.05, 4.69) is 5.32 Å². The molecule has 0 spiro atoms. The lowest BCUT2D eigenvalue weighted by Crippen LogP contribution is -2.50. The number of hydrogen-bond donors (Lipinski definition) is 1. The smallest absolute Gasteiger partial charge is 0.243 e. The van der Waals surface area contributed by atoms with Crippen LogP contribution in [0.4, 0.5) is 0 Å². The van der Waals surface area contributed by atoms with Crippen molar-refractivity contribution < 1.29 is 9.59 Å². The molecule has 188 valence electrons. The Hall–Kier alpha value is -3.60. The summed E-state index contributed by atoms with van der Waals surface area (Å²) in [6, 6.07) is 33.3. The van der Waals surface area contributed by atoms with E-state index >= 15 is 0 Å². The van der Waals surface area contributed by atoms with Gasteiger partial charge in [0.15, 0.2) is 0 Å². The first kappa shape index (κ1) is 26.5. The van der Waals surface area contributed by atoms with Crippen molar-refractivity contribution in [3.8, 4) is 0 Å². The van der Waals surface area contributed by atoms with Gasteiger partial charge in [-0.1, -0.05) is 108 Å². The van der Waals surface area contributed by atoms with E-state index in [1.54, 1.807) is 29.2 Å². The molecule has 1 N–H and O–H groups in total. The molecule has 0 aliphatic carbocycles. The average molecular weight is 531 g/mol. The van der Waals surface area contributed by atoms with Crippen molar-refractivity contribution in [2.24, 2.45) is 0 Å². The van der Waals surface area contributed by atoms with Gasteiger partial charge >= 0.3 is 0 Å². The summed E-state index contributed by atoms with van der Waals surface area (Å²) in [6.07, 6.45) is 0.545. The summed E-state index contributed by atoms with van der Waals surface area (Å²) < 4.78 is 0. The minimum Gasteiger partial charge on any atom is -0.350 e. The van der Waals surface area contributed by atoms with Gasteiger partial charge in [0.25, 0.3) is 0 Å². The molecule has 1 unspecified atom stereocenters. The highest BCUT2D eigenvalue weighted by molar-refractivity contribution is 6.30. The van der Waals surface area contributed by atoms with Gasteiger partial charge < -0.3 is 10.2 Å². The SMILES string of the molecule is O=C(NCc1ccccc1)C(Cc1ccccc1)N(Cc1ccc(Cl)cc1)C(=O)Cc1ccc(Cl)cc1. The van der Waals surface area contributed by atoms with Crippen LogP contribution >= 0.6 is 23.2 Å². The molecule has 0 saturated carbocycles. The number of rotatable bonds is 10. The van der Waals surface area contributed by atoms with Crippen LogP contribution in [0.1, 0.15) is 22.3 Å². The number of hydrogen-bond acceptors (Lipinski definition) is 2. The highest BCUT2D eigenvalue weighted by atomic mass is 35.5. The van der Waals surface area contributed by atoms with E-state index in [1.165, 1.54) is 0 Å². The average Bonchev–Trinajstić information content (AvgIpc) is 2.92. The number of carbonyl (C=O) groups is 2. The van der Waals surface area contributed by atoms with Crippen LogP contribution in [0.15, 0.2) is 109 Å². The van der Waals surface area contributed by atoms with Gasteiger partial charge in [-0.2, -0.15) is 0 Å². The highest BCUT2D eigenvalue weighted by Gasteiger charge is 2.30. The summed E-state index contributed by atoms with van der Waals surface area (Å²) in [5, 5.41) is 4.27. The van der Waals surface area contributed by atoms with Gasteiger partial charge in [0.1, 0.15) is 6.04 Å². The molecule has 0 fully saturated rings. The lowest BCUT2D eigenvalue weighted by Gasteiger charge is -2.32. The van der Waals surface area contributed by atoms with Gasteiger partial charge in [0.2, 0.25) is 11.8 Å². The number of carbonyl (C=O) groups excluding carboxylic acids is 2. The van der Waals surface area contributed by atoms with E-state index in [-0.39, 0.29) is 24.8 Å². The fraction of sp³-hybridized carbons (Fsp3) is 0.161. The summed E-state index contributed by atoms with van der Waals surface area (Å²) in [4.78, 5) is 29.1. The van der Waals surface area contributed by atoms with E-state index < -0.39 is 6.04 Å². The molecular formula is C31H28Cl2N2O2. The van der Waals surface area contributed by atoms with Crippen LogP contribution in [-0.4, -0.2) is 22.8 Å². The van der Waals surface area contributed by atoms with Gasteiger partial charge in [0.05, 0.1) is 6.42 Å². The van der Waals surface area contributed by atoms with Crippen molar-refractivity contribution >= 4 is 35.0 Å². The Morgan fingerprint density at radius 2 is 1.16 bits per heavy atom. The summed E-state index contributed by atoms with van der Waals surface area (Å²) in [5.74, 6) is -0.348. The molecule has 4 nitrogen and oxygen atoms in total. The van der Waals surface area contributed by atoms with Gasteiger partial charge in [-0.25, -0.2) is 0 Å². The van der Waals surface area contributed by atoms with Gasteiger partial charge in [0, 0.05) is 29.6 Å². The maximum absolute atomic E-state index is 13.8. The molecule has 4 aromatic rings. The molecule has 0 aliphatic heterocycles. The molecule has 6 heteroatoms. The van der Waals surface area contributed by atoms with Crippen LogP contribution in [0.2, 0.25) is 10.0 Å². The van der Waals surface area contributed by atoms with Crippen LogP contribution in [0.5, 0.6) is 0 Å². The maximum atomic E-state index is 13.8. The summed E-state index contributed by atoms with van der Waals surface area (Å²) in [6.45, 7) is 0.658. The standard InChI is InChI=1S/C31H28Cl2N2O2/c32-27-15-11-24(12-16-27)20-30(36)35(22-26-13-17-28(33)18-14-26)29(19-23-7-3-1-4-8-23)31(37)34-21-25-9-5-2-6-10-25/h1-18,29H,19-22H2,(H,34,37). The Morgan fingerprint density at radius 1 is 0.649 bits per heavy atom. The largest absolute Gasteiger partial charge is 0.350 e. The second-order valence-corrected chi connectivity index (χ2v) is 9.73. The number of nitrogens with one attached hydrogen (secondary N) is 1. The Bertz CT molecular complexity index is 1290. The first-order valence-electron chi connectivity index (χ1n) is 12.1. The minimum atomic E-state index is -0.707. The number of nitrogens with zero attached hydrogens (tertiary/aromatic N) is 1. The lowest BCUT2D eigenvalue weighted by molar-refractivity contribution is -0.140. The van der Waals surface area contributed by atoms with Crippen LogP contribution in [0.3, 0.4) is 0 Å². The van der Waals surface area contributed by atoms with E-state index in [1.807, 2.05) is 84.9 Å². The van der Waals surface area contributed by atoms with Crippen LogP contribution in [0, 0.1) is 0 Å². The molecule has 0 aromatic heterocycles. The third-order valence-electron chi connectivity index (χ3n) is 6.12. The third-order valence-corrected chi connectivity index (χ3v) is 6.62. The molecule has 0 saturated heterocycles. The van der Waals surface area contributed by atoms with Gasteiger partial charge in [-0.15, -0.1) is 0 Å². The Kier molecular flexibility index (Phi) is 9.36. The Morgan fingerprint density at radius 3 is 1.73 bits per heavy atom. The quantitative estimate of drug-likeness (QED) is 0.254. The molecule has 0 radical (unpaired) electrons.